The van der Waals surface area contributed by atoms with Crippen LogP contribution in [-0.2, 0) is 0 Å². The molecule has 0 radical (unpaired) electrons. The van der Waals surface area contributed by atoms with Gasteiger partial charge in [0.25, 0.3) is 5.56 Å². The lowest BCUT2D eigenvalue weighted by Gasteiger charge is -2.09. The number of fused-ring (bicyclic) bond motifs is 3. The average molecular weight is 335 g/mol. The number of hydrogen-bond donors (Lipinski definition) is 0. The second kappa shape index (κ2) is 5.62. The number of hydrogen-bond acceptors (Lipinski definition) is 5. The maximum Gasteiger partial charge on any atom is 0.272 e. The minimum Gasteiger partial charge on any atom is -0.496 e. The van der Waals surface area contributed by atoms with E-state index in [0.717, 1.165) is 15.8 Å². The van der Waals surface area contributed by atoms with Gasteiger partial charge in [-0.15, -0.1) is 11.3 Å². The third kappa shape index (κ3) is 2.22. The van der Waals surface area contributed by atoms with Crippen molar-refractivity contribution in [3.63, 3.8) is 0 Å². The molecule has 0 saturated heterocycles. The second-order valence-corrected chi connectivity index (χ2v) is 6.41. The van der Waals surface area contributed by atoms with E-state index >= 15 is 0 Å². The Labute approximate surface area is 141 Å². The number of aromatic nitrogens is 3. The molecule has 1 aliphatic carbocycles. The van der Waals surface area contributed by atoms with Gasteiger partial charge in [0.2, 0.25) is 0 Å². The maximum atomic E-state index is 12.9. The largest absolute Gasteiger partial charge is 0.496 e. The van der Waals surface area contributed by atoms with Crippen molar-refractivity contribution in [2.45, 2.75) is 13.0 Å². The lowest BCUT2D eigenvalue weighted by Crippen LogP contribution is -2.22. The summed E-state index contributed by atoms with van der Waals surface area (Å²) in [5.41, 5.74) is 1.57. The molecule has 5 nitrogen and oxygen atoms in total. The summed E-state index contributed by atoms with van der Waals surface area (Å²) >= 11 is 1.33. The van der Waals surface area contributed by atoms with Crippen molar-refractivity contribution >= 4 is 31.8 Å². The molecule has 1 aliphatic rings. The van der Waals surface area contributed by atoms with Gasteiger partial charge in [-0.1, -0.05) is 17.9 Å². The first-order valence-corrected chi connectivity index (χ1v) is 8.19. The fourth-order valence-electron chi connectivity index (χ4n) is 2.65. The smallest absolute Gasteiger partial charge is 0.272 e. The predicted molar refractivity (Wildman–Crippen MR) is 95.4 cm³/mol. The zero-order valence-electron chi connectivity index (χ0n) is 13.1. The van der Waals surface area contributed by atoms with Crippen molar-refractivity contribution in [3.05, 3.63) is 52.7 Å². The van der Waals surface area contributed by atoms with E-state index in [-0.39, 0.29) is 11.6 Å². The highest BCUT2D eigenvalue weighted by Gasteiger charge is 2.17. The summed E-state index contributed by atoms with van der Waals surface area (Å²) < 4.78 is 7.51. The van der Waals surface area contributed by atoms with Gasteiger partial charge in [-0.05, 0) is 30.7 Å². The Morgan fingerprint density at radius 1 is 1.38 bits per heavy atom. The molecule has 24 heavy (non-hydrogen) atoms. The fourth-order valence-corrected chi connectivity index (χ4v) is 3.70. The number of methoxy groups -OCH3 is 1. The molecule has 1 atom stereocenters. The summed E-state index contributed by atoms with van der Waals surface area (Å²) in [6.07, 6.45) is 8.91. The van der Waals surface area contributed by atoms with Gasteiger partial charge in [0, 0.05) is 6.20 Å². The molecular formula is C18H13N3O2S. The molecule has 0 aliphatic heterocycles. The summed E-state index contributed by atoms with van der Waals surface area (Å²) in [6.45, 7) is 1.97. The molecule has 0 fully saturated rings. The van der Waals surface area contributed by atoms with Crippen LogP contribution in [0.4, 0.5) is 0 Å². The van der Waals surface area contributed by atoms with Crippen molar-refractivity contribution in [1.29, 1.82) is 0 Å². The molecule has 6 heteroatoms. The highest BCUT2D eigenvalue weighted by Crippen LogP contribution is 2.35. The fraction of sp³-hybridized carbons (Fsp3) is 0.167. The lowest BCUT2D eigenvalue weighted by atomic mass is 10.2. The van der Waals surface area contributed by atoms with Crippen LogP contribution in [0.2, 0.25) is 0 Å². The Morgan fingerprint density at radius 2 is 2.25 bits per heavy atom. The molecule has 0 bridgehead atoms. The number of nitrogens with zero attached hydrogens (tertiary/aromatic N) is 3. The quantitative estimate of drug-likeness (QED) is 0.675. The standard InChI is InChI=1S/C18H13N3O2S/c1-11-4-3-5-12(7-6-11)21-10-20-15-14-13(23-2)8-9-19-17(14)24-16(15)18(21)22/h4,6-10,12H,1-2H3. The Morgan fingerprint density at radius 3 is 3.08 bits per heavy atom. The third-order valence-electron chi connectivity index (χ3n) is 3.86. The monoisotopic (exact) mass is 335 g/mol. The summed E-state index contributed by atoms with van der Waals surface area (Å²) in [5.74, 6) is 6.71. The molecular weight excluding hydrogens is 322 g/mol. The van der Waals surface area contributed by atoms with Crippen molar-refractivity contribution in [2.24, 2.45) is 0 Å². The van der Waals surface area contributed by atoms with E-state index in [9.17, 15) is 4.79 Å². The van der Waals surface area contributed by atoms with Crippen LogP contribution in [0.25, 0.3) is 20.4 Å². The first kappa shape index (κ1) is 14.7. The van der Waals surface area contributed by atoms with Gasteiger partial charge in [0.1, 0.15) is 26.8 Å². The molecule has 1 unspecified atom stereocenters. The highest BCUT2D eigenvalue weighted by molar-refractivity contribution is 7.25. The van der Waals surface area contributed by atoms with Crippen LogP contribution in [-0.4, -0.2) is 21.6 Å². The van der Waals surface area contributed by atoms with Crippen LogP contribution >= 0.6 is 11.3 Å². The zero-order chi connectivity index (χ0) is 16.7. The van der Waals surface area contributed by atoms with E-state index in [4.69, 9.17) is 4.74 Å². The lowest BCUT2D eigenvalue weighted by molar-refractivity contribution is 0.420. The maximum absolute atomic E-state index is 12.9. The molecule has 3 aromatic heterocycles. The summed E-state index contributed by atoms with van der Waals surface area (Å²) in [4.78, 5) is 22.5. The molecule has 0 saturated carbocycles. The molecule has 0 amide bonds. The Balaban J connectivity index is 1.96. The van der Waals surface area contributed by atoms with E-state index in [1.807, 2.05) is 25.2 Å². The topological polar surface area (TPSA) is 57.0 Å². The van der Waals surface area contributed by atoms with E-state index in [2.05, 4.69) is 21.8 Å². The Bertz CT molecular complexity index is 1140. The van der Waals surface area contributed by atoms with Crippen molar-refractivity contribution < 1.29 is 4.74 Å². The average Bonchev–Trinajstić information content (AvgIpc) is 2.85. The van der Waals surface area contributed by atoms with Gasteiger partial charge in [0.15, 0.2) is 0 Å². The van der Waals surface area contributed by atoms with Crippen molar-refractivity contribution in [3.8, 4) is 17.6 Å². The first-order valence-electron chi connectivity index (χ1n) is 7.37. The Kier molecular flexibility index (Phi) is 3.44. The van der Waals surface area contributed by atoms with Crippen LogP contribution < -0.4 is 10.3 Å². The van der Waals surface area contributed by atoms with Crippen molar-refractivity contribution in [2.75, 3.05) is 7.11 Å². The minimum absolute atomic E-state index is 0.117. The van der Waals surface area contributed by atoms with Gasteiger partial charge in [0.05, 0.1) is 18.8 Å². The van der Waals surface area contributed by atoms with Crippen LogP contribution in [0.1, 0.15) is 13.0 Å². The predicted octanol–water partition coefficient (Wildman–Crippen LogP) is 3.08. The SMILES string of the molecule is COc1ccnc2sc3c(=O)n(C4C#CC=C(C)C=C4)cnc3c12. The van der Waals surface area contributed by atoms with Gasteiger partial charge < -0.3 is 4.74 Å². The molecule has 0 spiro atoms. The van der Waals surface area contributed by atoms with E-state index in [1.165, 1.54) is 11.3 Å². The van der Waals surface area contributed by atoms with Crippen molar-refractivity contribution in [1.82, 2.24) is 14.5 Å². The van der Waals surface area contributed by atoms with Gasteiger partial charge in [-0.25, -0.2) is 9.97 Å². The summed E-state index contributed by atoms with van der Waals surface area (Å²) in [5, 5.41) is 0.782. The molecule has 0 aromatic carbocycles. The number of pyridine rings is 1. The van der Waals surface area contributed by atoms with Gasteiger partial charge in [-0.3, -0.25) is 9.36 Å². The molecule has 4 rings (SSSR count). The zero-order valence-corrected chi connectivity index (χ0v) is 13.9. The minimum atomic E-state index is -0.330. The van der Waals surface area contributed by atoms with E-state index in [1.54, 1.807) is 30.3 Å². The number of rotatable bonds is 2. The van der Waals surface area contributed by atoms with Crippen LogP contribution in [0.15, 0.2) is 47.2 Å². The molecule has 118 valence electrons. The Hall–Kier alpha value is -2.91. The van der Waals surface area contributed by atoms with Gasteiger partial charge in [-0.2, -0.15) is 0 Å². The van der Waals surface area contributed by atoms with Crippen LogP contribution in [0.5, 0.6) is 5.75 Å². The van der Waals surface area contributed by atoms with Crippen LogP contribution in [0, 0.1) is 11.8 Å². The second-order valence-electron chi connectivity index (χ2n) is 5.41. The van der Waals surface area contributed by atoms with E-state index in [0.29, 0.717) is 16.0 Å². The van der Waals surface area contributed by atoms with E-state index < -0.39 is 0 Å². The third-order valence-corrected chi connectivity index (χ3v) is 4.94. The normalized spacial score (nSPS) is 16.6. The number of allylic oxidation sites excluding steroid dienone is 4. The first-order chi connectivity index (χ1) is 11.7. The molecule has 3 aromatic rings. The van der Waals surface area contributed by atoms with Gasteiger partial charge >= 0.3 is 0 Å². The molecule has 3 heterocycles. The van der Waals surface area contributed by atoms with Crippen LogP contribution in [0.3, 0.4) is 0 Å². The summed E-state index contributed by atoms with van der Waals surface area (Å²) in [7, 11) is 1.60. The number of thiophene rings is 1. The number of ether oxygens (including phenoxy) is 1. The molecule has 0 N–H and O–H groups in total. The highest BCUT2D eigenvalue weighted by atomic mass is 32.1. The summed E-state index contributed by atoms with van der Waals surface area (Å²) in [6, 6.07) is 1.44.